The molecule has 0 aromatic heterocycles. The fourth-order valence-corrected chi connectivity index (χ4v) is 2.84. The lowest BCUT2D eigenvalue weighted by atomic mass is 10.1. The molecule has 1 rings (SSSR count). The van der Waals surface area contributed by atoms with Crippen LogP contribution < -0.4 is 4.90 Å². The Labute approximate surface area is 121 Å². The zero-order valence-electron chi connectivity index (χ0n) is 11.7. The van der Waals surface area contributed by atoms with Gasteiger partial charge >= 0.3 is 6.18 Å². The maximum Gasteiger partial charge on any atom is 0.417 e. The van der Waals surface area contributed by atoms with Crippen molar-refractivity contribution in [2.45, 2.75) is 25.6 Å². The van der Waals surface area contributed by atoms with E-state index in [9.17, 15) is 13.2 Å². The van der Waals surface area contributed by atoms with Crippen LogP contribution in [0.3, 0.4) is 0 Å². The molecule has 1 unspecified atom stereocenters. The number of nitrogens with zero attached hydrogens (tertiary/aromatic N) is 2. The first-order valence-corrected chi connectivity index (χ1v) is 7.57. The van der Waals surface area contributed by atoms with Gasteiger partial charge in [-0.25, -0.2) is 0 Å². The quantitative estimate of drug-likeness (QED) is 0.817. The fraction of sp³-hybridized carbons (Fsp3) is 0.500. The molecule has 6 heteroatoms. The van der Waals surface area contributed by atoms with Crippen molar-refractivity contribution in [1.29, 1.82) is 5.26 Å². The Bertz CT molecular complexity index is 494. The van der Waals surface area contributed by atoms with Crippen molar-refractivity contribution in [2.24, 2.45) is 0 Å². The summed E-state index contributed by atoms with van der Waals surface area (Å²) in [5.41, 5.74) is -0.577. The molecule has 0 saturated heterocycles. The van der Waals surface area contributed by atoms with Gasteiger partial charge in [-0.2, -0.15) is 30.2 Å². The van der Waals surface area contributed by atoms with E-state index in [4.69, 9.17) is 5.26 Å². The topological polar surface area (TPSA) is 27.0 Å². The fourth-order valence-electron chi connectivity index (χ4n) is 2.00. The first kappa shape index (κ1) is 16.7. The van der Waals surface area contributed by atoms with Crippen LogP contribution in [0, 0.1) is 11.3 Å². The van der Waals surface area contributed by atoms with E-state index in [-0.39, 0.29) is 11.6 Å². The number of nitriles is 1. The average molecular weight is 302 g/mol. The van der Waals surface area contributed by atoms with Gasteiger partial charge in [0, 0.05) is 24.5 Å². The van der Waals surface area contributed by atoms with Crippen molar-refractivity contribution in [3.05, 3.63) is 29.3 Å². The Hall–Kier alpha value is -1.35. The van der Waals surface area contributed by atoms with Crippen LogP contribution in [0.15, 0.2) is 18.2 Å². The van der Waals surface area contributed by atoms with Crippen molar-refractivity contribution in [3.63, 3.8) is 0 Å². The molecule has 0 fully saturated rings. The number of alkyl halides is 3. The van der Waals surface area contributed by atoms with Crippen LogP contribution in [0.2, 0.25) is 0 Å². The lowest BCUT2D eigenvalue weighted by molar-refractivity contribution is -0.137. The molecule has 0 bridgehead atoms. The minimum atomic E-state index is -4.49. The second kappa shape index (κ2) is 6.89. The maximum absolute atomic E-state index is 12.7. The smallest absolute Gasteiger partial charge is 0.371 e. The van der Waals surface area contributed by atoms with E-state index in [0.717, 1.165) is 18.2 Å². The zero-order chi connectivity index (χ0) is 15.3. The van der Waals surface area contributed by atoms with Crippen molar-refractivity contribution in [3.8, 4) is 6.07 Å². The third-order valence-corrected chi connectivity index (χ3v) is 3.93. The molecule has 1 atom stereocenters. The summed E-state index contributed by atoms with van der Waals surface area (Å²) in [5.74, 6) is 0.885. The zero-order valence-corrected chi connectivity index (χ0v) is 12.5. The molecular weight excluding hydrogens is 285 g/mol. The minimum Gasteiger partial charge on any atom is -0.371 e. The van der Waals surface area contributed by atoms with Crippen molar-refractivity contribution >= 4 is 17.4 Å². The summed E-state index contributed by atoms with van der Waals surface area (Å²) in [7, 11) is 1.84. The van der Waals surface area contributed by atoms with Gasteiger partial charge in [0.25, 0.3) is 0 Å². The summed E-state index contributed by atoms with van der Waals surface area (Å²) in [4.78, 5) is 1.93. The van der Waals surface area contributed by atoms with Crippen LogP contribution in [0.5, 0.6) is 0 Å². The lowest BCUT2D eigenvalue weighted by Crippen LogP contribution is -2.33. The van der Waals surface area contributed by atoms with Crippen molar-refractivity contribution in [1.82, 2.24) is 0 Å². The Balaban J connectivity index is 3.13. The molecule has 0 N–H and O–H groups in total. The number of anilines is 1. The molecule has 0 amide bonds. The minimum absolute atomic E-state index is 0.230. The first-order chi connectivity index (χ1) is 9.35. The number of benzene rings is 1. The second-order valence-electron chi connectivity index (χ2n) is 4.47. The van der Waals surface area contributed by atoms with E-state index < -0.39 is 11.7 Å². The molecule has 0 spiro atoms. The summed E-state index contributed by atoms with van der Waals surface area (Å²) >= 11 is 1.69. The Morgan fingerprint density at radius 2 is 2.05 bits per heavy atom. The van der Waals surface area contributed by atoms with Gasteiger partial charge < -0.3 is 4.90 Å². The number of hydrogen-bond acceptors (Lipinski definition) is 3. The summed E-state index contributed by atoms with van der Waals surface area (Å²) in [6.07, 6.45) is -1.62. The third kappa shape index (κ3) is 3.83. The molecule has 1 aromatic rings. The Morgan fingerprint density at radius 1 is 1.40 bits per heavy atom. The highest BCUT2D eigenvalue weighted by Crippen LogP contribution is 2.34. The van der Waals surface area contributed by atoms with Crippen molar-refractivity contribution in [2.75, 3.05) is 24.0 Å². The van der Waals surface area contributed by atoms with Gasteiger partial charge in [-0.05, 0) is 30.9 Å². The molecule has 1 aromatic carbocycles. The highest BCUT2D eigenvalue weighted by molar-refractivity contribution is 7.98. The standard InChI is InChI=1S/C14H17F3N2S/c1-4-11(9-20-3)19(2)12-5-6-13(14(15,16)17)10(7-12)8-18/h5-7,11H,4,9H2,1-3H3. The molecule has 20 heavy (non-hydrogen) atoms. The van der Waals surface area contributed by atoms with Gasteiger partial charge in [0.15, 0.2) is 0 Å². The largest absolute Gasteiger partial charge is 0.417 e. The Morgan fingerprint density at radius 3 is 2.50 bits per heavy atom. The van der Waals surface area contributed by atoms with E-state index in [0.29, 0.717) is 5.69 Å². The third-order valence-electron chi connectivity index (χ3n) is 3.21. The maximum atomic E-state index is 12.7. The number of thioether (sulfide) groups is 1. The van der Waals surface area contributed by atoms with Crippen molar-refractivity contribution < 1.29 is 13.2 Å². The van der Waals surface area contributed by atoms with E-state index in [1.165, 1.54) is 12.1 Å². The predicted octanol–water partition coefficient (Wildman–Crippen LogP) is 4.15. The predicted molar refractivity (Wildman–Crippen MR) is 77.0 cm³/mol. The number of halogens is 3. The summed E-state index contributed by atoms with van der Waals surface area (Å²) in [5, 5.41) is 8.91. The van der Waals surface area contributed by atoms with Crippen LogP contribution >= 0.6 is 11.8 Å². The van der Waals surface area contributed by atoms with E-state index in [1.807, 2.05) is 25.1 Å². The van der Waals surface area contributed by atoms with Gasteiger partial charge in [0.1, 0.15) is 0 Å². The first-order valence-electron chi connectivity index (χ1n) is 6.18. The Kier molecular flexibility index (Phi) is 5.75. The number of hydrogen-bond donors (Lipinski definition) is 0. The molecule has 0 saturated carbocycles. The summed E-state index contributed by atoms with van der Waals surface area (Å²) < 4.78 is 38.2. The van der Waals surface area contributed by atoms with Gasteiger partial charge in [-0.3, -0.25) is 0 Å². The number of rotatable bonds is 5. The van der Waals surface area contributed by atoms with E-state index in [2.05, 4.69) is 0 Å². The van der Waals surface area contributed by atoms with Crippen LogP contribution in [0.25, 0.3) is 0 Å². The highest BCUT2D eigenvalue weighted by atomic mass is 32.2. The monoisotopic (exact) mass is 302 g/mol. The normalized spacial score (nSPS) is 12.8. The molecular formula is C14H17F3N2S. The van der Waals surface area contributed by atoms with Gasteiger partial charge in [0.2, 0.25) is 0 Å². The molecule has 0 aliphatic heterocycles. The van der Waals surface area contributed by atoms with Crippen LogP contribution in [0.4, 0.5) is 18.9 Å². The van der Waals surface area contributed by atoms with Crippen LogP contribution in [-0.2, 0) is 6.18 Å². The van der Waals surface area contributed by atoms with E-state index in [1.54, 1.807) is 17.8 Å². The molecule has 0 aliphatic rings. The summed E-state index contributed by atoms with van der Waals surface area (Å²) in [6, 6.07) is 5.58. The van der Waals surface area contributed by atoms with Gasteiger partial charge in [-0.15, -0.1) is 0 Å². The van der Waals surface area contributed by atoms with Gasteiger partial charge in [-0.1, -0.05) is 6.92 Å². The van der Waals surface area contributed by atoms with Crippen LogP contribution in [0.1, 0.15) is 24.5 Å². The SMILES string of the molecule is CCC(CSC)N(C)c1ccc(C(F)(F)F)c(C#N)c1. The van der Waals surface area contributed by atoms with E-state index >= 15 is 0 Å². The molecule has 0 heterocycles. The summed E-state index contributed by atoms with van der Waals surface area (Å²) in [6.45, 7) is 2.03. The van der Waals surface area contributed by atoms with Gasteiger partial charge in [0.05, 0.1) is 17.2 Å². The molecule has 0 radical (unpaired) electrons. The van der Waals surface area contributed by atoms with Crippen LogP contribution in [-0.4, -0.2) is 25.1 Å². The molecule has 0 aliphatic carbocycles. The molecule has 110 valence electrons. The average Bonchev–Trinajstić information content (AvgIpc) is 2.42. The lowest BCUT2D eigenvalue weighted by Gasteiger charge is -2.29. The highest BCUT2D eigenvalue weighted by Gasteiger charge is 2.33. The molecule has 2 nitrogen and oxygen atoms in total. The second-order valence-corrected chi connectivity index (χ2v) is 5.38.